The molecular formula is C30H28F4N8O4. The largest absolute Gasteiger partial charge is 0.494 e. The molecule has 0 aliphatic carbocycles. The molecule has 5 heterocycles. The maximum atomic E-state index is 14.7. The molecule has 3 aromatic heterocycles. The number of methoxy groups -OCH3 is 1. The monoisotopic (exact) mass is 640 g/mol. The van der Waals surface area contributed by atoms with Crippen LogP contribution in [-0.4, -0.2) is 69.2 Å². The van der Waals surface area contributed by atoms with Gasteiger partial charge < -0.3 is 10.1 Å². The average Bonchev–Trinajstić information content (AvgIpc) is 3.45. The van der Waals surface area contributed by atoms with Crippen LogP contribution < -0.4 is 20.3 Å². The van der Waals surface area contributed by atoms with Crippen LogP contribution in [0.25, 0.3) is 10.9 Å². The van der Waals surface area contributed by atoms with Gasteiger partial charge in [0.05, 0.1) is 30.6 Å². The number of urea groups is 1. The lowest BCUT2D eigenvalue weighted by Gasteiger charge is -2.32. The van der Waals surface area contributed by atoms with Crippen molar-refractivity contribution in [1.82, 2.24) is 30.0 Å². The average molecular weight is 641 g/mol. The molecular weight excluding hydrogens is 612 g/mol. The second-order valence-corrected chi connectivity index (χ2v) is 11.0. The Balaban J connectivity index is 1.12. The van der Waals surface area contributed by atoms with Crippen molar-refractivity contribution in [2.24, 2.45) is 0 Å². The van der Waals surface area contributed by atoms with Crippen LogP contribution in [0, 0.1) is 5.82 Å². The molecule has 4 amide bonds. The molecule has 0 atom stereocenters. The van der Waals surface area contributed by atoms with E-state index >= 15 is 0 Å². The second-order valence-electron chi connectivity index (χ2n) is 11.0. The van der Waals surface area contributed by atoms with Crippen molar-refractivity contribution >= 4 is 40.3 Å². The van der Waals surface area contributed by atoms with Crippen LogP contribution in [0.15, 0.2) is 48.8 Å². The van der Waals surface area contributed by atoms with Gasteiger partial charge in [-0.05, 0) is 37.1 Å². The summed E-state index contributed by atoms with van der Waals surface area (Å²) in [7, 11) is 1.41. The zero-order valence-electron chi connectivity index (χ0n) is 24.5. The fourth-order valence-electron chi connectivity index (χ4n) is 5.53. The number of carbonyl (C=O) groups excluding carboxylic acids is 3. The Hall–Kier alpha value is -5.12. The number of hydrogen-bond acceptors (Lipinski definition) is 8. The molecule has 2 N–H and O–H groups in total. The minimum Gasteiger partial charge on any atom is -0.494 e. The summed E-state index contributed by atoms with van der Waals surface area (Å²) in [4.78, 5) is 47.3. The summed E-state index contributed by atoms with van der Waals surface area (Å²) >= 11 is 0. The quantitative estimate of drug-likeness (QED) is 0.282. The summed E-state index contributed by atoms with van der Waals surface area (Å²) in [6.07, 6.45) is -0.214. The van der Waals surface area contributed by atoms with Crippen LogP contribution in [0.4, 0.5) is 33.9 Å². The third kappa shape index (κ3) is 6.47. The number of ether oxygens (including phenoxy) is 1. The molecule has 6 rings (SSSR count). The Labute approximate surface area is 259 Å². The number of piperidine rings is 1. The van der Waals surface area contributed by atoms with E-state index in [1.54, 1.807) is 12.1 Å². The number of nitrogens with one attached hydrogen (secondary N) is 2. The van der Waals surface area contributed by atoms with Gasteiger partial charge in [-0.25, -0.2) is 19.2 Å². The van der Waals surface area contributed by atoms with Crippen LogP contribution in [0.5, 0.6) is 5.75 Å². The summed E-state index contributed by atoms with van der Waals surface area (Å²) in [6, 6.07) is 7.35. The van der Waals surface area contributed by atoms with Gasteiger partial charge in [-0.15, -0.1) is 0 Å². The van der Waals surface area contributed by atoms with Crippen LogP contribution >= 0.6 is 0 Å². The van der Waals surface area contributed by atoms with E-state index < -0.39 is 35.3 Å². The van der Waals surface area contributed by atoms with Crippen LogP contribution in [0.2, 0.25) is 0 Å². The minimum absolute atomic E-state index is 0.0365. The van der Waals surface area contributed by atoms with E-state index in [-0.39, 0.29) is 42.2 Å². The molecule has 1 aromatic carbocycles. The zero-order chi connectivity index (χ0) is 32.6. The predicted molar refractivity (Wildman–Crippen MR) is 157 cm³/mol. The number of nitrogens with zero attached hydrogens (tertiary/aromatic N) is 6. The maximum Gasteiger partial charge on any atom is 0.433 e. The topological polar surface area (TPSA) is 135 Å². The Kier molecular flexibility index (Phi) is 8.29. The standard InChI is InChI=1S/C30H28F4N8O4/c1-46-24-13-22-18(11-23(24)37-28(44)21-3-2-4-25(36-21)30(32,33)34)16-42(39-22)19-5-8-40(9-6-19)15-17-12-26(35-14-20(17)31)41-10-7-27(43)38-29(41)45/h2-4,11-14,16,19H,5-10,15H2,1H3,(H,37,44)(H,38,43,45). The van der Waals surface area contributed by atoms with Gasteiger partial charge >= 0.3 is 12.2 Å². The van der Waals surface area contributed by atoms with Gasteiger partial charge in [0.25, 0.3) is 5.91 Å². The van der Waals surface area contributed by atoms with Crippen molar-refractivity contribution < 1.29 is 36.7 Å². The maximum absolute atomic E-state index is 14.7. The molecule has 2 aliphatic rings. The molecule has 0 spiro atoms. The van der Waals surface area contributed by atoms with E-state index in [1.807, 2.05) is 10.9 Å². The molecule has 16 heteroatoms. The molecule has 0 radical (unpaired) electrons. The van der Waals surface area contributed by atoms with Gasteiger partial charge in [-0.2, -0.15) is 18.3 Å². The summed E-state index contributed by atoms with van der Waals surface area (Å²) < 4.78 is 61.2. The minimum atomic E-state index is -4.69. The smallest absolute Gasteiger partial charge is 0.433 e. The Morgan fingerprint density at radius 1 is 1.13 bits per heavy atom. The fourth-order valence-corrected chi connectivity index (χ4v) is 5.53. The van der Waals surface area contributed by atoms with Crippen molar-refractivity contribution in [3.05, 3.63) is 71.6 Å². The number of pyridine rings is 2. The van der Waals surface area contributed by atoms with Gasteiger partial charge in [-0.3, -0.25) is 29.4 Å². The molecule has 240 valence electrons. The predicted octanol–water partition coefficient (Wildman–Crippen LogP) is 4.53. The molecule has 0 saturated carbocycles. The number of imide groups is 1. The number of hydrogen-bond donors (Lipinski definition) is 2. The second kappa shape index (κ2) is 12.3. The van der Waals surface area contributed by atoms with Gasteiger partial charge in [0.15, 0.2) is 0 Å². The van der Waals surface area contributed by atoms with E-state index in [0.29, 0.717) is 48.9 Å². The molecule has 4 aromatic rings. The summed E-state index contributed by atoms with van der Waals surface area (Å²) in [5.41, 5.74) is -0.322. The summed E-state index contributed by atoms with van der Waals surface area (Å²) in [5.74, 6) is -1.12. The molecule has 2 fully saturated rings. The van der Waals surface area contributed by atoms with Gasteiger partial charge in [0, 0.05) is 55.8 Å². The van der Waals surface area contributed by atoms with Crippen molar-refractivity contribution in [3.63, 3.8) is 0 Å². The van der Waals surface area contributed by atoms with E-state index in [4.69, 9.17) is 9.84 Å². The number of likely N-dealkylation sites (tertiary alicyclic amines) is 1. The first-order valence-corrected chi connectivity index (χ1v) is 14.4. The highest BCUT2D eigenvalue weighted by Crippen LogP contribution is 2.33. The fraction of sp³-hybridized carbons (Fsp3) is 0.333. The number of aromatic nitrogens is 4. The van der Waals surface area contributed by atoms with Gasteiger partial charge in [0.1, 0.15) is 28.8 Å². The third-order valence-corrected chi connectivity index (χ3v) is 7.94. The number of anilines is 2. The Bertz CT molecular complexity index is 1820. The Morgan fingerprint density at radius 3 is 2.63 bits per heavy atom. The number of amides is 4. The van der Waals surface area contributed by atoms with E-state index in [9.17, 15) is 31.9 Å². The van der Waals surface area contributed by atoms with Crippen molar-refractivity contribution in [2.45, 2.75) is 38.0 Å². The van der Waals surface area contributed by atoms with Crippen molar-refractivity contribution in [3.8, 4) is 5.75 Å². The number of carbonyl (C=O) groups is 3. The van der Waals surface area contributed by atoms with Crippen LogP contribution in [0.1, 0.15) is 47.1 Å². The molecule has 0 unspecified atom stereocenters. The summed E-state index contributed by atoms with van der Waals surface area (Å²) in [6.45, 7) is 1.76. The van der Waals surface area contributed by atoms with Crippen LogP contribution in [-0.2, 0) is 17.5 Å². The van der Waals surface area contributed by atoms with Crippen molar-refractivity contribution in [1.29, 1.82) is 0 Å². The van der Waals surface area contributed by atoms with Gasteiger partial charge in [0.2, 0.25) is 5.91 Å². The Morgan fingerprint density at radius 2 is 1.91 bits per heavy atom. The lowest BCUT2D eigenvalue weighted by molar-refractivity contribution is -0.141. The lowest BCUT2D eigenvalue weighted by atomic mass is 10.0. The lowest BCUT2D eigenvalue weighted by Crippen LogP contribution is -2.50. The van der Waals surface area contributed by atoms with E-state index in [2.05, 4.69) is 25.5 Å². The number of fused-ring (bicyclic) bond motifs is 1. The first-order chi connectivity index (χ1) is 22.0. The third-order valence-electron chi connectivity index (χ3n) is 7.94. The molecule has 0 bridgehead atoms. The highest BCUT2D eigenvalue weighted by atomic mass is 19.4. The first kappa shape index (κ1) is 30.9. The SMILES string of the molecule is COc1cc2nn(C3CCN(Cc4cc(N5CCC(=O)NC5=O)ncc4F)CC3)cc2cc1NC(=O)c1cccc(C(F)(F)F)n1. The number of rotatable bonds is 7. The van der Waals surface area contributed by atoms with Gasteiger partial charge in [-0.1, -0.05) is 6.07 Å². The van der Waals surface area contributed by atoms with Crippen molar-refractivity contribution in [2.75, 3.05) is 37.0 Å². The first-order valence-electron chi connectivity index (χ1n) is 14.4. The van der Waals surface area contributed by atoms with E-state index in [1.165, 1.54) is 24.1 Å². The molecule has 12 nitrogen and oxygen atoms in total. The van der Waals surface area contributed by atoms with Crippen LogP contribution in [0.3, 0.4) is 0 Å². The number of benzene rings is 1. The number of halogens is 4. The molecule has 2 aliphatic heterocycles. The summed E-state index contributed by atoms with van der Waals surface area (Å²) in [5, 5.41) is 10.2. The van der Waals surface area contributed by atoms with E-state index in [0.717, 1.165) is 18.3 Å². The normalized spacial score (nSPS) is 16.5. The highest BCUT2D eigenvalue weighted by molar-refractivity contribution is 6.05. The molecule has 46 heavy (non-hydrogen) atoms. The molecule has 2 saturated heterocycles. The zero-order valence-corrected chi connectivity index (χ0v) is 24.5. The highest BCUT2D eigenvalue weighted by Gasteiger charge is 2.33. The number of alkyl halides is 3.